The lowest BCUT2D eigenvalue weighted by molar-refractivity contribution is 0.0592. The molecule has 0 bridgehead atoms. The van der Waals surface area contributed by atoms with E-state index in [2.05, 4.69) is 220 Å². The van der Waals surface area contributed by atoms with Crippen LogP contribution >= 0.6 is 46.1 Å². The summed E-state index contributed by atoms with van der Waals surface area (Å²) in [4.78, 5) is 61.9. The zero-order chi connectivity index (χ0) is 84.0. The normalized spacial score (nSPS) is 12.5. The Kier molecular flexibility index (Phi) is 27.4. The van der Waals surface area contributed by atoms with Crippen molar-refractivity contribution in [2.45, 2.75) is 170 Å². The van der Waals surface area contributed by atoms with E-state index in [0.29, 0.717) is 46.1 Å². The van der Waals surface area contributed by atoms with E-state index in [1.165, 1.54) is 139 Å². The number of hydrogen-bond donors (Lipinski definition) is 0. The molecule has 122 heavy (non-hydrogen) atoms. The number of rotatable bonds is 35. The molecule has 0 saturated carbocycles. The lowest BCUT2D eigenvalue weighted by Gasteiger charge is -2.30. The molecule has 0 N–H and O–H groups in total. The lowest BCUT2D eigenvalue weighted by Crippen LogP contribution is -2.41. The topological polar surface area (TPSA) is 154 Å². The highest BCUT2D eigenvalue weighted by Gasteiger charge is 2.37. The van der Waals surface area contributed by atoms with E-state index < -0.39 is 0 Å². The molecule has 0 saturated heterocycles. The molecule has 13 nitrogen and oxygen atoms in total. The summed E-state index contributed by atoms with van der Waals surface area (Å²) >= 11 is 6.16. The van der Waals surface area contributed by atoms with Gasteiger partial charge in [-0.3, -0.25) is 29.0 Å². The predicted octanol–water partition coefficient (Wildman–Crippen LogP) is 29.5. The van der Waals surface area contributed by atoms with Gasteiger partial charge in [-0.25, -0.2) is 0 Å². The minimum absolute atomic E-state index is 0.243. The van der Waals surface area contributed by atoms with Gasteiger partial charge in [0.25, 0.3) is 23.6 Å². The molecule has 620 valence electrons. The highest BCUT2D eigenvalue weighted by Crippen LogP contribution is 2.48. The van der Waals surface area contributed by atoms with Crippen molar-refractivity contribution >= 4 is 135 Å². The van der Waals surface area contributed by atoms with Crippen molar-refractivity contribution in [2.24, 2.45) is 0 Å². The van der Waals surface area contributed by atoms with Crippen molar-refractivity contribution in [3.8, 4) is 92.4 Å². The second kappa shape index (κ2) is 39.7. The summed E-state index contributed by atoms with van der Waals surface area (Å²) in [5.74, 6) is 1.82. The van der Waals surface area contributed by atoms with Gasteiger partial charge in [0.05, 0.1) is 43.3 Å². The molecule has 18 rings (SSSR count). The number of benzene rings is 12. The third-order valence-electron chi connectivity index (χ3n) is 23.7. The standard InChI is InChI=1S/C37H30N2OS3.C34H30N2O4.C34H44N2O2S/c1-3-4-23-40-29-15-13-28(14-16-29)33-20-19-32(41-33)27-11-9-25(10-12-27)30-17-18-31(37-36(30)38-43-39-37)35-22-21-34(42-35)26-7-5-24(2)6-8-26;1-3-5-7-17-35-31(37)23-13-9-19-21-11-15-25-30-26(34(40)36(33(25)39)18-8-6-4-2)16-12-22(28(21)30)20-10-14-24(32(35)38)29(23)27(19)20;1-3-5-7-9-11-13-25-37-29-19-15-27(16-20-29)31-23-24-32(34-33(31)35-39-36-34)28-17-21-30(22-18-28)38-26-14-12-10-8-6-4-2/h5-22H,3-4,23H2,1-2H3;9-16H,3-8,17-18H2,1-2H3;15-24H,3-14,25-26H2,1-2H3. The van der Waals surface area contributed by atoms with E-state index in [9.17, 15) is 19.2 Å². The van der Waals surface area contributed by atoms with E-state index in [1.54, 1.807) is 11.3 Å². The molecular weight excluding hydrogens is 1590 g/mol. The van der Waals surface area contributed by atoms with Gasteiger partial charge in [-0.15, -0.1) is 22.7 Å². The molecule has 2 aliphatic rings. The van der Waals surface area contributed by atoms with Crippen LogP contribution in [0.3, 0.4) is 0 Å². The van der Waals surface area contributed by atoms with Crippen LogP contribution in [0.5, 0.6) is 17.2 Å². The third-order valence-corrected chi connectivity index (χ3v) is 27.1. The molecule has 2 aliphatic heterocycles. The highest BCUT2D eigenvalue weighted by molar-refractivity contribution is 7.19. The van der Waals surface area contributed by atoms with Gasteiger partial charge in [0.15, 0.2) is 0 Å². The molecule has 4 amide bonds. The second-order valence-electron chi connectivity index (χ2n) is 32.1. The molecule has 0 radical (unpaired) electrons. The molecule has 0 unspecified atom stereocenters. The molecule has 12 aromatic carbocycles. The number of hydrogen-bond acceptors (Lipinski definition) is 15. The second-order valence-corrected chi connectivity index (χ2v) is 35.3. The summed E-state index contributed by atoms with van der Waals surface area (Å²) in [7, 11) is 0. The fourth-order valence-electron chi connectivity index (χ4n) is 16.9. The minimum Gasteiger partial charge on any atom is -0.494 e. The first-order chi connectivity index (χ1) is 59.9. The maximum absolute atomic E-state index is 13.5. The van der Waals surface area contributed by atoms with Crippen molar-refractivity contribution in [3.63, 3.8) is 0 Å². The van der Waals surface area contributed by atoms with Crippen molar-refractivity contribution < 1.29 is 33.4 Å². The number of fused-ring (bicyclic) bond motifs is 4. The lowest BCUT2D eigenvalue weighted by atomic mass is 9.82. The van der Waals surface area contributed by atoms with Gasteiger partial charge in [-0.2, -0.15) is 17.5 Å². The molecule has 0 atom stereocenters. The Morgan fingerprint density at radius 3 is 0.893 bits per heavy atom. The smallest absolute Gasteiger partial charge is 0.261 e. The Morgan fingerprint density at radius 2 is 0.525 bits per heavy atom. The molecule has 0 aliphatic carbocycles. The zero-order valence-electron chi connectivity index (χ0n) is 70.6. The molecular formula is C105H104N6O7S4. The van der Waals surface area contributed by atoms with Crippen molar-refractivity contribution in [2.75, 3.05) is 32.9 Å². The largest absolute Gasteiger partial charge is 0.494 e. The number of carbonyl (C=O) groups excluding carboxylic acids is 4. The molecule has 0 spiro atoms. The van der Waals surface area contributed by atoms with E-state index in [1.807, 2.05) is 59.9 Å². The first kappa shape index (κ1) is 84.3. The number of carbonyl (C=O) groups is 4. The van der Waals surface area contributed by atoms with E-state index >= 15 is 0 Å². The van der Waals surface area contributed by atoms with Gasteiger partial charge in [-0.1, -0.05) is 258 Å². The molecule has 17 heteroatoms. The van der Waals surface area contributed by atoms with Crippen LogP contribution < -0.4 is 14.2 Å². The van der Waals surface area contributed by atoms with Crippen molar-refractivity contribution in [1.82, 2.24) is 27.3 Å². The molecule has 4 aromatic heterocycles. The molecule has 6 heterocycles. The van der Waals surface area contributed by atoms with Crippen molar-refractivity contribution in [1.29, 1.82) is 0 Å². The SMILES string of the molecule is CCCCCCCCOc1ccc(-c2ccc(-c3ccc(OCCCCCCCC)cc3)c3nsnc23)cc1.CCCCCN1C(=O)c2ccc3c4ccc5c6c(ccc(c7ccc(c2c37)C1=O)c64)C(=O)N(CCCCC)C5=O.CCCCOc1ccc(-c2ccc(-c3ccc(-c4ccc(-c5ccc(-c6ccc(C)cc6)s5)c5nsnc45)cc3)s2)cc1. The fraction of sp³-hybridized carbons (Fsp3) is 0.295. The van der Waals surface area contributed by atoms with Crippen LogP contribution in [0.25, 0.3) is 140 Å². The summed E-state index contributed by atoms with van der Waals surface area (Å²) < 4.78 is 36.6. The number of imide groups is 2. The monoisotopic (exact) mass is 1690 g/mol. The van der Waals surface area contributed by atoms with E-state index in [0.717, 1.165) is 195 Å². The summed E-state index contributed by atoms with van der Waals surface area (Å²) in [6.45, 7) is 16.2. The number of thiophene rings is 2. The fourth-order valence-corrected chi connectivity index (χ4v) is 20.1. The average Bonchev–Trinajstić information content (AvgIpc) is 0.776. The summed E-state index contributed by atoms with van der Waals surface area (Å²) in [5.41, 5.74) is 18.8. The van der Waals surface area contributed by atoms with Gasteiger partial charge in [0, 0.05) is 87.9 Å². The van der Waals surface area contributed by atoms with E-state index in [-0.39, 0.29) is 23.6 Å². The molecule has 16 aromatic rings. The summed E-state index contributed by atoms with van der Waals surface area (Å²) in [6.07, 6.45) is 23.0. The first-order valence-electron chi connectivity index (χ1n) is 43.9. The van der Waals surface area contributed by atoms with E-state index in [4.69, 9.17) is 23.0 Å². The van der Waals surface area contributed by atoms with Gasteiger partial charge in [-0.05, 0) is 202 Å². The Hall–Kier alpha value is -11.3. The number of aryl methyl sites for hydroxylation is 1. The van der Waals surface area contributed by atoms with Gasteiger partial charge < -0.3 is 14.2 Å². The predicted molar refractivity (Wildman–Crippen MR) is 509 cm³/mol. The maximum Gasteiger partial charge on any atom is 0.261 e. The van der Waals surface area contributed by atoms with Gasteiger partial charge in [0.2, 0.25) is 0 Å². The van der Waals surface area contributed by atoms with Gasteiger partial charge >= 0.3 is 0 Å². The van der Waals surface area contributed by atoms with Crippen LogP contribution in [-0.2, 0) is 0 Å². The minimum atomic E-state index is -0.243. The maximum atomic E-state index is 13.5. The Balaban J connectivity index is 0.000000136. The number of unbranched alkanes of at least 4 members (excludes halogenated alkanes) is 15. The Bertz CT molecular complexity index is 5990. The van der Waals surface area contributed by atoms with Gasteiger partial charge in [0.1, 0.15) is 39.3 Å². The third kappa shape index (κ3) is 18.1. The van der Waals surface area contributed by atoms with Crippen LogP contribution in [0.15, 0.2) is 218 Å². The molecule has 0 fully saturated rings. The van der Waals surface area contributed by atoms with Crippen LogP contribution in [-0.4, -0.2) is 83.8 Å². The van der Waals surface area contributed by atoms with Crippen molar-refractivity contribution in [3.05, 3.63) is 246 Å². The number of ether oxygens (including phenoxy) is 3. The Labute approximate surface area is 731 Å². The highest BCUT2D eigenvalue weighted by atomic mass is 32.1. The first-order valence-corrected chi connectivity index (χ1v) is 47.0. The quantitative estimate of drug-likeness (QED) is 0.0161. The van der Waals surface area contributed by atoms with Crippen LogP contribution in [0.4, 0.5) is 0 Å². The zero-order valence-corrected chi connectivity index (χ0v) is 73.9. The average molecular weight is 1690 g/mol. The Morgan fingerprint density at radius 1 is 0.254 bits per heavy atom. The summed E-state index contributed by atoms with van der Waals surface area (Å²) in [5, 5.41) is 6.82. The summed E-state index contributed by atoms with van der Waals surface area (Å²) in [6, 6.07) is 75.4. The number of aromatic nitrogens is 4. The number of amides is 4. The van der Waals surface area contributed by atoms with Crippen LogP contribution in [0.1, 0.15) is 210 Å². The van der Waals surface area contributed by atoms with Crippen LogP contribution in [0, 0.1) is 6.92 Å². The number of nitrogens with zero attached hydrogens (tertiary/aromatic N) is 6. The van der Waals surface area contributed by atoms with Crippen LogP contribution in [0.2, 0.25) is 0 Å².